The first-order valence-electron chi connectivity index (χ1n) is 12.8. The van der Waals surface area contributed by atoms with Crippen molar-refractivity contribution in [2.45, 2.75) is 50.2 Å². The van der Waals surface area contributed by atoms with Crippen LogP contribution in [0.15, 0.2) is 42.5 Å². The highest BCUT2D eigenvalue weighted by molar-refractivity contribution is 7.80. The molecule has 1 aliphatic carbocycles. The number of hydrogen-bond acceptors (Lipinski definition) is 7. The Hall–Kier alpha value is -2.81. The zero-order chi connectivity index (χ0) is 29.1. The summed E-state index contributed by atoms with van der Waals surface area (Å²) in [6.07, 6.45) is -6.39. The molecule has 2 aromatic rings. The molecule has 7 nitrogen and oxygen atoms in total. The van der Waals surface area contributed by atoms with E-state index in [-0.39, 0.29) is 24.4 Å². The lowest BCUT2D eigenvalue weighted by Crippen LogP contribution is -2.49. The summed E-state index contributed by atoms with van der Waals surface area (Å²) in [5, 5.41) is 20.7. The lowest BCUT2D eigenvalue weighted by atomic mass is 9.92. The third kappa shape index (κ3) is 7.68. The van der Waals surface area contributed by atoms with Gasteiger partial charge in [-0.3, -0.25) is 10.4 Å². The topological polar surface area (TPSA) is 71.4 Å². The summed E-state index contributed by atoms with van der Waals surface area (Å²) in [7, 11) is 0. The van der Waals surface area contributed by atoms with Gasteiger partial charge < -0.3 is 19.9 Å². The maximum absolute atomic E-state index is 13.3. The van der Waals surface area contributed by atoms with Crippen molar-refractivity contribution >= 4 is 34.3 Å². The summed E-state index contributed by atoms with van der Waals surface area (Å²) in [4.78, 5) is 4.71. The van der Waals surface area contributed by atoms with Crippen LogP contribution in [0.1, 0.15) is 36.8 Å². The molecule has 0 radical (unpaired) electrons. The second-order valence-electron chi connectivity index (χ2n) is 9.86. The van der Waals surface area contributed by atoms with Crippen LogP contribution >= 0.6 is 12.2 Å². The molecule has 1 aliphatic heterocycles. The zero-order valence-electron chi connectivity index (χ0n) is 21.4. The van der Waals surface area contributed by atoms with Crippen LogP contribution < -0.4 is 15.4 Å². The quantitative estimate of drug-likeness (QED) is 0.200. The van der Waals surface area contributed by atoms with E-state index in [1.54, 1.807) is 0 Å². The molecule has 4 rings (SSSR count). The second kappa shape index (κ2) is 12.4. The van der Waals surface area contributed by atoms with E-state index in [1.807, 2.05) is 9.80 Å². The first kappa shape index (κ1) is 30.2. The molecular weight excluding hydrogens is 562 g/mol. The molecule has 14 heteroatoms. The Bertz CT molecular complexity index is 1150. The predicted octanol–water partition coefficient (Wildman–Crippen LogP) is 6.20. The molecule has 0 atom stereocenters. The highest BCUT2D eigenvalue weighted by Gasteiger charge is 2.36. The number of piperazine rings is 1. The first-order chi connectivity index (χ1) is 18.8. The van der Waals surface area contributed by atoms with Crippen LogP contribution in [0.5, 0.6) is 0 Å². The number of anilines is 3. The Morgan fingerprint density at radius 3 is 2.08 bits per heavy atom. The van der Waals surface area contributed by atoms with Gasteiger partial charge >= 0.3 is 12.4 Å². The van der Waals surface area contributed by atoms with Crippen LogP contribution in [0.2, 0.25) is 0 Å². The van der Waals surface area contributed by atoms with Gasteiger partial charge in [0.05, 0.1) is 23.8 Å². The summed E-state index contributed by atoms with van der Waals surface area (Å²) >= 11 is 5.55. The van der Waals surface area contributed by atoms with Crippen molar-refractivity contribution in [3.05, 3.63) is 53.6 Å². The largest absolute Gasteiger partial charge is 0.418 e. The molecule has 1 heterocycles. The number of alkyl halides is 6. The van der Waals surface area contributed by atoms with Crippen LogP contribution in [0.3, 0.4) is 0 Å². The van der Waals surface area contributed by atoms with Crippen molar-refractivity contribution < 1.29 is 41.5 Å². The van der Waals surface area contributed by atoms with Crippen molar-refractivity contribution in [3.8, 4) is 0 Å². The molecule has 2 fully saturated rings. The van der Waals surface area contributed by atoms with Gasteiger partial charge in [0.25, 0.3) is 0 Å². The van der Waals surface area contributed by atoms with Crippen LogP contribution in [0.25, 0.3) is 0 Å². The lowest BCUT2D eigenvalue weighted by Gasteiger charge is -2.38. The Morgan fingerprint density at radius 2 is 1.52 bits per heavy atom. The van der Waals surface area contributed by atoms with E-state index < -0.39 is 34.4 Å². The molecule has 0 unspecified atom stereocenters. The summed E-state index contributed by atoms with van der Waals surface area (Å²) < 4.78 is 84.3. The van der Waals surface area contributed by atoms with Crippen LogP contribution in [0, 0.1) is 0 Å². The third-order valence-corrected chi connectivity index (χ3v) is 7.57. The Labute approximate surface area is 232 Å². The number of benzene rings is 2. The number of ether oxygens (including phenoxy) is 1. The zero-order valence-corrected chi connectivity index (χ0v) is 22.2. The first-order valence-corrected chi connectivity index (χ1v) is 13.2. The fourth-order valence-corrected chi connectivity index (χ4v) is 5.24. The van der Waals surface area contributed by atoms with Gasteiger partial charge in [0.2, 0.25) is 0 Å². The molecule has 2 aromatic carbocycles. The lowest BCUT2D eigenvalue weighted by molar-refractivity contribution is -0.139. The fraction of sp³-hybridized carbons (Fsp3) is 0.500. The van der Waals surface area contributed by atoms with Crippen LogP contribution in [0.4, 0.5) is 43.4 Å². The molecular formula is C26H30F6N4O3S. The van der Waals surface area contributed by atoms with E-state index in [1.165, 1.54) is 18.2 Å². The van der Waals surface area contributed by atoms with Gasteiger partial charge in [-0.15, -0.1) is 5.23 Å². The molecule has 0 bridgehead atoms. The highest BCUT2D eigenvalue weighted by Crippen LogP contribution is 2.38. The molecule has 0 aromatic heterocycles. The second-order valence-corrected chi connectivity index (χ2v) is 10.3. The normalized spacial score (nSPS) is 20.4. The molecule has 0 amide bonds. The fourth-order valence-electron chi connectivity index (χ4n) is 4.99. The van der Waals surface area contributed by atoms with E-state index >= 15 is 0 Å². The Balaban J connectivity index is 1.19. The van der Waals surface area contributed by atoms with Gasteiger partial charge in [-0.2, -0.15) is 26.3 Å². The van der Waals surface area contributed by atoms with E-state index in [9.17, 15) is 26.3 Å². The standard InChI is InChI=1S/C26H30F6N4O3S/c27-25(28,29)17-1-6-20(7-2-17)34-11-13-35(14-12-34)24(40)16-39-21-8-3-18(4-9-21)33-19-5-10-23(36(37)38)22(15-19)26(30,31)32/h1-2,5-7,10,15,18,21,33,37-38H,3-4,8-9,11-14,16H2. The molecule has 2 aliphatic rings. The van der Waals surface area contributed by atoms with E-state index in [2.05, 4.69) is 5.32 Å². The summed E-state index contributed by atoms with van der Waals surface area (Å²) in [6.45, 7) is 2.77. The molecule has 40 heavy (non-hydrogen) atoms. The SMILES string of the molecule is ON(O)c1ccc(NC2CCC(OCC(=S)N3CCN(c4ccc(C(F)(F)F)cc4)CC3)CC2)cc1C(F)(F)F. The molecule has 3 N–H and O–H groups in total. The summed E-state index contributed by atoms with van der Waals surface area (Å²) in [5.74, 6) is 0. The predicted molar refractivity (Wildman–Crippen MR) is 141 cm³/mol. The minimum absolute atomic E-state index is 0.0325. The maximum Gasteiger partial charge on any atom is 0.418 e. The number of halogens is 6. The van der Waals surface area contributed by atoms with Gasteiger partial charge in [-0.1, -0.05) is 12.2 Å². The monoisotopic (exact) mass is 592 g/mol. The summed E-state index contributed by atoms with van der Waals surface area (Å²) in [5.41, 5.74) is -1.63. The third-order valence-electron chi connectivity index (χ3n) is 7.20. The van der Waals surface area contributed by atoms with Crippen molar-refractivity contribution in [3.63, 3.8) is 0 Å². The molecule has 1 saturated carbocycles. The van der Waals surface area contributed by atoms with E-state index in [0.29, 0.717) is 56.9 Å². The van der Waals surface area contributed by atoms with Crippen molar-refractivity contribution in [1.82, 2.24) is 4.90 Å². The van der Waals surface area contributed by atoms with Gasteiger partial charge in [-0.25, -0.2) is 0 Å². The maximum atomic E-state index is 13.3. The van der Waals surface area contributed by atoms with Crippen molar-refractivity contribution in [1.29, 1.82) is 0 Å². The smallest absolute Gasteiger partial charge is 0.382 e. The highest BCUT2D eigenvalue weighted by atomic mass is 32.1. The van der Waals surface area contributed by atoms with Crippen molar-refractivity contribution in [2.24, 2.45) is 0 Å². The van der Waals surface area contributed by atoms with Crippen molar-refractivity contribution in [2.75, 3.05) is 48.2 Å². The average Bonchev–Trinajstić information content (AvgIpc) is 2.91. The minimum atomic E-state index is -4.75. The average molecular weight is 593 g/mol. The van der Waals surface area contributed by atoms with Gasteiger partial charge in [0.1, 0.15) is 10.7 Å². The summed E-state index contributed by atoms with van der Waals surface area (Å²) in [6, 6.07) is 8.28. The molecule has 220 valence electrons. The number of nitrogens with zero attached hydrogens (tertiary/aromatic N) is 3. The van der Waals surface area contributed by atoms with E-state index in [0.717, 1.165) is 30.0 Å². The van der Waals surface area contributed by atoms with Gasteiger partial charge in [0.15, 0.2) is 0 Å². The number of nitrogens with one attached hydrogen (secondary N) is 1. The number of thiocarbonyl (C=S) groups is 1. The Kier molecular flexibility index (Phi) is 9.33. The van der Waals surface area contributed by atoms with E-state index in [4.69, 9.17) is 27.4 Å². The molecule has 1 saturated heterocycles. The van der Waals surface area contributed by atoms with Gasteiger partial charge in [-0.05, 0) is 68.1 Å². The Morgan fingerprint density at radius 1 is 0.900 bits per heavy atom. The molecule has 0 spiro atoms. The minimum Gasteiger partial charge on any atom is -0.382 e. The van der Waals surface area contributed by atoms with Crippen LogP contribution in [-0.4, -0.2) is 65.2 Å². The van der Waals surface area contributed by atoms with Crippen LogP contribution in [-0.2, 0) is 17.1 Å². The number of hydrogen-bond donors (Lipinski definition) is 3. The van der Waals surface area contributed by atoms with Gasteiger partial charge in [0, 0.05) is 43.6 Å². The number of rotatable bonds is 7.